The van der Waals surface area contributed by atoms with Crippen LogP contribution in [0.15, 0.2) is 72.1 Å². The van der Waals surface area contributed by atoms with Crippen LogP contribution in [0.5, 0.6) is 17.2 Å². The van der Waals surface area contributed by atoms with Crippen molar-refractivity contribution in [3.8, 4) is 39.1 Å². The van der Waals surface area contributed by atoms with E-state index in [1.807, 2.05) is 54.6 Å². The van der Waals surface area contributed by atoms with E-state index >= 15 is 0 Å². The first kappa shape index (κ1) is 22.4. The van der Waals surface area contributed by atoms with Gasteiger partial charge in [-0.3, -0.25) is 4.79 Å². The van der Waals surface area contributed by atoms with Crippen molar-refractivity contribution in [3.63, 3.8) is 0 Å². The fraction of sp³-hybridized carbons (Fsp3) is 0.154. The number of carbonyl (C=O) groups excluding carboxylic acids is 1. The van der Waals surface area contributed by atoms with Crippen molar-refractivity contribution >= 4 is 17.2 Å². The van der Waals surface area contributed by atoms with Crippen molar-refractivity contribution in [1.82, 2.24) is 10.3 Å². The Hall–Kier alpha value is -3.84. The van der Waals surface area contributed by atoms with E-state index in [0.717, 1.165) is 27.4 Å². The van der Waals surface area contributed by atoms with E-state index in [1.165, 1.54) is 21.3 Å². The van der Waals surface area contributed by atoms with Gasteiger partial charge in [-0.05, 0) is 23.8 Å². The quantitative estimate of drug-likeness (QED) is 0.380. The summed E-state index contributed by atoms with van der Waals surface area (Å²) < 4.78 is 16.0. The van der Waals surface area contributed by atoms with Crippen LogP contribution in [-0.4, -0.2) is 32.2 Å². The predicted molar refractivity (Wildman–Crippen MR) is 130 cm³/mol. The van der Waals surface area contributed by atoms with Gasteiger partial charge in [-0.15, -0.1) is 11.3 Å². The second kappa shape index (κ2) is 10.2. The summed E-state index contributed by atoms with van der Waals surface area (Å²) in [6.07, 6.45) is 0. The fourth-order valence-electron chi connectivity index (χ4n) is 3.46. The van der Waals surface area contributed by atoms with Gasteiger partial charge in [0.15, 0.2) is 11.5 Å². The maximum Gasteiger partial charge on any atom is 0.251 e. The average Bonchev–Trinajstić information content (AvgIpc) is 3.37. The lowest BCUT2D eigenvalue weighted by Crippen LogP contribution is -2.23. The Kier molecular flexibility index (Phi) is 6.90. The van der Waals surface area contributed by atoms with Gasteiger partial charge in [-0.1, -0.05) is 48.5 Å². The predicted octanol–water partition coefficient (Wildman–Crippen LogP) is 5.43. The standard InChI is InChI=1S/C26H24N2O4S/c1-30-22-13-20(14-23(31-2)24(22)32-3)25(29)27-15-17-8-7-11-19(12-17)26-28-21(16-33-26)18-9-5-4-6-10-18/h4-14,16H,15H2,1-3H3,(H,27,29). The van der Waals surface area contributed by atoms with Crippen molar-refractivity contribution in [1.29, 1.82) is 0 Å². The highest BCUT2D eigenvalue weighted by Crippen LogP contribution is 2.38. The van der Waals surface area contributed by atoms with Gasteiger partial charge in [-0.2, -0.15) is 0 Å². The normalized spacial score (nSPS) is 10.5. The summed E-state index contributed by atoms with van der Waals surface area (Å²) in [5, 5.41) is 5.95. The van der Waals surface area contributed by atoms with E-state index in [2.05, 4.69) is 10.7 Å². The van der Waals surface area contributed by atoms with Crippen LogP contribution in [-0.2, 0) is 6.54 Å². The topological polar surface area (TPSA) is 69.7 Å². The molecule has 1 amide bonds. The summed E-state index contributed by atoms with van der Waals surface area (Å²) in [4.78, 5) is 17.6. The minimum atomic E-state index is -0.236. The van der Waals surface area contributed by atoms with Crippen molar-refractivity contribution in [2.45, 2.75) is 6.54 Å². The Bertz CT molecular complexity index is 1230. The molecule has 0 atom stereocenters. The van der Waals surface area contributed by atoms with E-state index in [1.54, 1.807) is 23.5 Å². The molecule has 0 radical (unpaired) electrons. The van der Waals surface area contributed by atoms with Crippen molar-refractivity contribution in [3.05, 3.63) is 83.2 Å². The van der Waals surface area contributed by atoms with Gasteiger partial charge >= 0.3 is 0 Å². The molecule has 6 nitrogen and oxygen atoms in total. The van der Waals surface area contributed by atoms with Gasteiger partial charge in [-0.25, -0.2) is 4.98 Å². The zero-order valence-electron chi connectivity index (χ0n) is 18.6. The van der Waals surface area contributed by atoms with Crippen LogP contribution in [0.4, 0.5) is 0 Å². The molecule has 1 N–H and O–H groups in total. The van der Waals surface area contributed by atoms with Gasteiger partial charge in [0.05, 0.1) is 27.0 Å². The second-order valence-corrected chi connectivity index (χ2v) is 8.06. The molecule has 7 heteroatoms. The Morgan fingerprint density at radius 1 is 0.879 bits per heavy atom. The molecule has 0 aliphatic rings. The maximum absolute atomic E-state index is 12.8. The molecule has 168 valence electrons. The van der Waals surface area contributed by atoms with Crippen molar-refractivity contribution in [2.75, 3.05) is 21.3 Å². The van der Waals surface area contributed by atoms with Crippen LogP contribution >= 0.6 is 11.3 Å². The maximum atomic E-state index is 12.8. The number of aromatic nitrogens is 1. The number of rotatable bonds is 8. The molecule has 0 bridgehead atoms. The van der Waals surface area contributed by atoms with E-state index in [-0.39, 0.29) is 5.91 Å². The Balaban J connectivity index is 1.49. The molecule has 1 heterocycles. The van der Waals surface area contributed by atoms with Crippen LogP contribution in [0.2, 0.25) is 0 Å². The van der Waals surface area contributed by atoms with Gasteiger partial charge in [0, 0.05) is 28.6 Å². The monoisotopic (exact) mass is 460 g/mol. The smallest absolute Gasteiger partial charge is 0.251 e. The first-order valence-electron chi connectivity index (χ1n) is 10.3. The Labute approximate surface area is 196 Å². The molecule has 3 aromatic carbocycles. The first-order valence-corrected chi connectivity index (χ1v) is 11.2. The molecule has 0 saturated heterocycles. The number of hydrogen-bond donors (Lipinski definition) is 1. The van der Waals surface area contributed by atoms with E-state index in [0.29, 0.717) is 29.4 Å². The lowest BCUT2D eigenvalue weighted by atomic mass is 10.1. The third kappa shape index (κ3) is 4.99. The largest absolute Gasteiger partial charge is 0.493 e. The summed E-state index contributed by atoms with van der Waals surface area (Å²) in [7, 11) is 4.57. The van der Waals surface area contributed by atoms with Gasteiger partial charge in [0.2, 0.25) is 5.75 Å². The highest BCUT2D eigenvalue weighted by atomic mass is 32.1. The summed E-state index contributed by atoms with van der Waals surface area (Å²) in [5.74, 6) is 1.08. The highest BCUT2D eigenvalue weighted by Gasteiger charge is 2.17. The Morgan fingerprint density at radius 3 is 2.24 bits per heavy atom. The number of nitrogens with zero attached hydrogens (tertiary/aromatic N) is 1. The third-order valence-electron chi connectivity index (χ3n) is 5.13. The number of amides is 1. The molecule has 4 aromatic rings. The van der Waals surface area contributed by atoms with Crippen LogP contribution in [0.1, 0.15) is 15.9 Å². The molecule has 0 aliphatic carbocycles. The average molecular weight is 461 g/mol. The van der Waals surface area contributed by atoms with E-state index < -0.39 is 0 Å². The summed E-state index contributed by atoms with van der Waals surface area (Å²) in [6.45, 7) is 0.375. The van der Waals surface area contributed by atoms with E-state index in [9.17, 15) is 4.79 Å². The van der Waals surface area contributed by atoms with Crippen molar-refractivity contribution in [2.24, 2.45) is 0 Å². The summed E-state index contributed by atoms with van der Waals surface area (Å²) in [5.41, 5.74) is 4.46. The van der Waals surface area contributed by atoms with E-state index in [4.69, 9.17) is 19.2 Å². The molecule has 4 rings (SSSR count). The third-order valence-corrected chi connectivity index (χ3v) is 6.02. The number of nitrogens with one attached hydrogen (secondary N) is 1. The van der Waals surface area contributed by atoms with Crippen LogP contribution < -0.4 is 19.5 Å². The zero-order chi connectivity index (χ0) is 23.2. The number of benzene rings is 3. The molecule has 0 aliphatic heterocycles. The van der Waals surface area contributed by atoms with Crippen molar-refractivity contribution < 1.29 is 19.0 Å². The van der Waals surface area contributed by atoms with Crippen LogP contribution in [0.25, 0.3) is 21.8 Å². The minimum absolute atomic E-state index is 0.236. The van der Waals surface area contributed by atoms with Gasteiger partial charge in [0.1, 0.15) is 5.01 Å². The number of hydrogen-bond acceptors (Lipinski definition) is 6. The number of thiazole rings is 1. The lowest BCUT2D eigenvalue weighted by Gasteiger charge is -2.14. The molecule has 0 fully saturated rings. The molecule has 1 aromatic heterocycles. The molecule has 33 heavy (non-hydrogen) atoms. The molecular weight excluding hydrogens is 436 g/mol. The van der Waals surface area contributed by atoms with Crippen LogP contribution in [0.3, 0.4) is 0 Å². The number of ether oxygens (including phenoxy) is 3. The summed E-state index contributed by atoms with van der Waals surface area (Å²) >= 11 is 1.60. The number of carbonyl (C=O) groups is 1. The fourth-order valence-corrected chi connectivity index (χ4v) is 4.28. The Morgan fingerprint density at radius 2 is 1.58 bits per heavy atom. The van der Waals surface area contributed by atoms with Crippen LogP contribution in [0, 0.1) is 0 Å². The minimum Gasteiger partial charge on any atom is -0.493 e. The zero-order valence-corrected chi connectivity index (χ0v) is 19.4. The highest BCUT2D eigenvalue weighted by molar-refractivity contribution is 7.13. The second-order valence-electron chi connectivity index (χ2n) is 7.20. The molecule has 0 unspecified atom stereocenters. The first-order chi connectivity index (χ1) is 16.1. The summed E-state index contributed by atoms with van der Waals surface area (Å²) in [6, 6.07) is 21.4. The van der Waals surface area contributed by atoms with Gasteiger partial charge < -0.3 is 19.5 Å². The molecule has 0 spiro atoms. The SMILES string of the molecule is COc1cc(C(=O)NCc2cccc(-c3nc(-c4ccccc4)cs3)c2)cc(OC)c1OC. The lowest BCUT2D eigenvalue weighted by molar-refractivity contribution is 0.0950. The molecular formula is C26H24N2O4S. The van der Waals surface area contributed by atoms with Gasteiger partial charge in [0.25, 0.3) is 5.91 Å². The number of methoxy groups -OCH3 is 3. The molecule has 0 saturated carbocycles.